The molecule has 0 unspecified atom stereocenters. The zero-order valence-electron chi connectivity index (χ0n) is 16.4. The molecule has 30 heavy (non-hydrogen) atoms. The fraction of sp³-hybridized carbons (Fsp3) is 0.150. The number of carbonyl (C=O) groups is 1. The molecule has 0 atom stereocenters. The zero-order valence-corrected chi connectivity index (χ0v) is 16.4. The highest BCUT2D eigenvalue weighted by Gasteiger charge is 2.14. The highest BCUT2D eigenvalue weighted by molar-refractivity contribution is 6.02. The van der Waals surface area contributed by atoms with Crippen molar-refractivity contribution in [3.05, 3.63) is 77.3 Å². The summed E-state index contributed by atoms with van der Waals surface area (Å²) in [5, 5.41) is 2.66. The van der Waals surface area contributed by atoms with E-state index in [4.69, 9.17) is 4.74 Å². The molecule has 0 bridgehead atoms. The number of aromatic amines is 1. The molecule has 0 saturated heterocycles. The van der Waals surface area contributed by atoms with Crippen LogP contribution < -0.4 is 15.7 Å². The summed E-state index contributed by atoms with van der Waals surface area (Å²) in [6, 6.07) is 6.83. The Kier molecular flexibility index (Phi) is 5.12. The number of hydrogen-bond donors (Lipinski definition) is 2. The number of carbonyl (C=O) groups excluding carboxylic acids is 1. The molecule has 4 rings (SSSR count). The molecule has 2 N–H and O–H groups in total. The van der Waals surface area contributed by atoms with Crippen LogP contribution in [-0.4, -0.2) is 35.0 Å². The van der Waals surface area contributed by atoms with Crippen LogP contribution in [0.25, 0.3) is 5.82 Å². The second-order valence-electron chi connectivity index (χ2n) is 6.43. The van der Waals surface area contributed by atoms with Crippen molar-refractivity contribution in [2.45, 2.75) is 20.4 Å². The lowest BCUT2D eigenvalue weighted by molar-refractivity contribution is 0.101. The van der Waals surface area contributed by atoms with Gasteiger partial charge in [-0.3, -0.25) is 13.9 Å². The minimum absolute atomic E-state index is 0.240. The maximum atomic E-state index is 12.4. The van der Waals surface area contributed by atoms with Crippen molar-refractivity contribution in [1.29, 1.82) is 0 Å². The fourth-order valence-corrected chi connectivity index (χ4v) is 2.88. The van der Waals surface area contributed by atoms with Crippen molar-refractivity contribution >= 4 is 11.7 Å². The van der Waals surface area contributed by atoms with Crippen LogP contribution in [0.5, 0.6) is 11.5 Å². The molecule has 0 fully saturated rings. The third-order valence-electron chi connectivity index (χ3n) is 4.32. The van der Waals surface area contributed by atoms with Crippen molar-refractivity contribution in [2.75, 3.05) is 5.32 Å². The lowest BCUT2D eigenvalue weighted by Gasteiger charge is -2.09. The molecule has 0 spiro atoms. The quantitative estimate of drug-likeness (QED) is 0.509. The highest BCUT2D eigenvalue weighted by atomic mass is 16.5. The van der Waals surface area contributed by atoms with Gasteiger partial charge >= 0.3 is 5.69 Å². The lowest BCUT2D eigenvalue weighted by Crippen LogP contribution is -2.23. The minimum Gasteiger partial charge on any atom is -0.456 e. The summed E-state index contributed by atoms with van der Waals surface area (Å²) >= 11 is 0. The van der Waals surface area contributed by atoms with E-state index in [0.717, 1.165) is 5.69 Å². The average Bonchev–Trinajstić information content (AvgIpc) is 3.35. The predicted octanol–water partition coefficient (Wildman–Crippen LogP) is 2.53. The smallest absolute Gasteiger partial charge is 0.326 e. The monoisotopic (exact) mass is 405 g/mol. The highest BCUT2D eigenvalue weighted by Crippen LogP contribution is 2.23. The number of anilines is 1. The van der Waals surface area contributed by atoms with Gasteiger partial charge in [0.25, 0.3) is 5.91 Å². The molecule has 0 aromatic carbocycles. The van der Waals surface area contributed by atoms with Crippen molar-refractivity contribution in [2.24, 2.45) is 0 Å². The van der Waals surface area contributed by atoms with E-state index in [2.05, 4.69) is 25.3 Å². The normalized spacial score (nSPS) is 10.7. The van der Waals surface area contributed by atoms with E-state index < -0.39 is 5.91 Å². The summed E-state index contributed by atoms with van der Waals surface area (Å²) in [6.07, 6.45) is 8.07. The van der Waals surface area contributed by atoms with Crippen molar-refractivity contribution in [1.82, 2.24) is 29.1 Å². The molecule has 0 aliphatic rings. The van der Waals surface area contributed by atoms with E-state index >= 15 is 0 Å². The van der Waals surface area contributed by atoms with E-state index in [-0.39, 0.29) is 11.4 Å². The predicted molar refractivity (Wildman–Crippen MR) is 109 cm³/mol. The zero-order chi connectivity index (χ0) is 21.1. The summed E-state index contributed by atoms with van der Waals surface area (Å²) in [5.41, 5.74) is 0.797. The van der Waals surface area contributed by atoms with Crippen molar-refractivity contribution in [3.8, 4) is 17.3 Å². The first-order chi connectivity index (χ1) is 14.5. The van der Waals surface area contributed by atoms with Gasteiger partial charge in [0.1, 0.15) is 35.2 Å². The number of aromatic nitrogens is 6. The molecule has 1 amide bonds. The van der Waals surface area contributed by atoms with Gasteiger partial charge in [-0.15, -0.1) is 0 Å². The molecule has 4 heterocycles. The molecular formula is C20H19N7O3. The Labute approximate surface area is 171 Å². The first-order valence-electron chi connectivity index (χ1n) is 9.24. The lowest BCUT2D eigenvalue weighted by atomic mass is 10.3. The largest absolute Gasteiger partial charge is 0.456 e. The third kappa shape index (κ3) is 3.97. The van der Waals surface area contributed by atoms with E-state index in [1.54, 1.807) is 48.3 Å². The first kappa shape index (κ1) is 19.1. The van der Waals surface area contributed by atoms with Gasteiger partial charge in [-0.2, -0.15) is 0 Å². The SMILES string of the molecule is CCn1c(C(=O)Nc2ccc(Oc3ccnc(-n4cnc(C)c4)c3)cn2)c[nH]c1=O. The number of aryl methyl sites for hydroxylation is 1. The van der Waals surface area contributed by atoms with Crippen LogP contribution in [0.4, 0.5) is 5.82 Å². The van der Waals surface area contributed by atoms with Crippen molar-refractivity contribution in [3.63, 3.8) is 0 Å². The molecule has 0 aliphatic heterocycles. The molecule has 4 aromatic rings. The van der Waals surface area contributed by atoms with E-state index in [0.29, 0.717) is 29.7 Å². The van der Waals surface area contributed by atoms with Gasteiger partial charge in [0.2, 0.25) is 0 Å². The van der Waals surface area contributed by atoms with Crippen molar-refractivity contribution < 1.29 is 9.53 Å². The first-order valence-corrected chi connectivity index (χ1v) is 9.24. The summed E-state index contributed by atoms with van der Waals surface area (Å²) in [6.45, 7) is 4.08. The van der Waals surface area contributed by atoms with Crippen LogP contribution in [0.3, 0.4) is 0 Å². The number of H-pyrrole nitrogens is 1. The maximum absolute atomic E-state index is 12.4. The van der Waals surface area contributed by atoms with E-state index in [9.17, 15) is 9.59 Å². The number of amides is 1. The molecule has 10 heteroatoms. The Bertz CT molecular complexity index is 1240. The Balaban J connectivity index is 1.45. The topological polar surface area (TPSA) is 120 Å². The summed E-state index contributed by atoms with van der Waals surface area (Å²) in [7, 11) is 0. The summed E-state index contributed by atoms with van der Waals surface area (Å²) in [5.74, 6) is 1.68. The fourth-order valence-electron chi connectivity index (χ4n) is 2.88. The van der Waals surface area contributed by atoms with Gasteiger partial charge < -0.3 is 15.0 Å². The Hall–Kier alpha value is -4.21. The summed E-state index contributed by atoms with van der Waals surface area (Å²) < 4.78 is 8.98. The molecule has 10 nitrogen and oxygen atoms in total. The van der Waals surface area contributed by atoms with E-state index in [1.807, 2.05) is 13.1 Å². The maximum Gasteiger partial charge on any atom is 0.326 e. The summed E-state index contributed by atoms with van der Waals surface area (Å²) in [4.78, 5) is 39.2. The number of hydrogen-bond acceptors (Lipinski definition) is 6. The Morgan fingerprint density at radius 2 is 2.07 bits per heavy atom. The minimum atomic E-state index is -0.425. The second-order valence-corrected chi connectivity index (χ2v) is 6.43. The Morgan fingerprint density at radius 3 is 2.77 bits per heavy atom. The Morgan fingerprint density at radius 1 is 1.20 bits per heavy atom. The molecule has 4 aromatic heterocycles. The number of pyridine rings is 2. The molecule has 0 aliphatic carbocycles. The number of nitrogens with zero attached hydrogens (tertiary/aromatic N) is 5. The van der Waals surface area contributed by atoms with Gasteiger partial charge in [-0.05, 0) is 32.0 Å². The van der Waals surface area contributed by atoms with Crippen LogP contribution >= 0.6 is 0 Å². The van der Waals surface area contributed by atoms with Crippen LogP contribution in [0, 0.1) is 6.92 Å². The van der Waals surface area contributed by atoms with Crippen LogP contribution in [0.15, 0.2) is 60.2 Å². The van der Waals surface area contributed by atoms with Gasteiger partial charge in [-0.25, -0.2) is 19.7 Å². The van der Waals surface area contributed by atoms with Gasteiger partial charge in [0.15, 0.2) is 0 Å². The van der Waals surface area contributed by atoms with Gasteiger partial charge in [0, 0.05) is 31.2 Å². The molecule has 152 valence electrons. The molecular weight excluding hydrogens is 386 g/mol. The standard InChI is InChI=1S/C20H19N7O3/c1-3-27-16(10-23-20(27)29)19(28)25-17-5-4-15(9-22-17)30-14-6-7-21-18(8-14)26-11-13(2)24-12-26/h4-12H,3H2,1-2H3,(H,23,29)(H,22,25,28). The number of nitrogens with one attached hydrogen (secondary N) is 2. The number of ether oxygens (including phenoxy) is 1. The molecule has 0 radical (unpaired) electrons. The van der Waals surface area contributed by atoms with Crippen LogP contribution in [0.1, 0.15) is 23.1 Å². The number of rotatable bonds is 6. The molecule has 0 saturated carbocycles. The average molecular weight is 405 g/mol. The van der Waals surface area contributed by atoms with Crippen LogP contribution in [-0.2, 0) is 6.54 Å². The van der Waals surface area contributed by atoms with Gasteiger partial charge in [-0.1, -0.05) is 0 Å². The number of imidazole rings is 2. The second kappa shape index (κ2) is 8.03. The van der Waals surface area contributed by atoms with Gasteiger partial charge in [0.05, 0.1) is 11.9 Å². The third-order valence-corrected chi connectivity index (χ3v) is 4.32. The van der Waals surface area contributed by atoms with E-state index in [1.165, 1.54) is 17.0 Å². The van der Waals surface area contributed by atoms with Crippen LogP contribution in [0.2, 0.25) is 0 Å².